The number of aryl methyl sites for hydroxylation is 1. The van der Waals surface area contributed by atoms with Crippen molar-refractivity contribution in [2.24, 2.45) is 0 Å². The van der Waals surface area contributed by atoms with E-state index in [1.807, 2.05) is 49.4 Å². The Balaban J connectivity index is 1.54. The topological polar surface area (TPSA) is 69.7 Å². The number of halogens is 1. The molecule has 142 valence electrons. The summed E-state index contributed by atoms with van der Waals surface area (Å²) in [6.07, 6.45) is 0. The molecule has 3 heterocycles. The van der Waals surface area contributed by atoms with Crippen molar-refractivity contribution in [3.8, 4) is 0 Å². The molecule has 2 saturated heterocycles. The predicted octanol–water partition coefficient (Wildman–Crippen LogP) is 3.44. The predicted molar refractivity (Wildman–Crippen MR) is 110 cm³/mol. The third-order valence-corrected chi connectivity index (χ3v) is 7.45. The zero-order chi connectivity index (χ0) is 19.6. The summed E-state index contributed by atoms with van der Waals surface area (Å²) >= 11 is 4.79. The maximum Gasteiger partial charge on any atom is 0.329 e. The van der Waals surface area contributed by atoms with Gasteiger partial charge in [0.1, 0.15) is 6.04 Å². The molecule has 0 saturated carbocycles. The van der Waals surface area contributed by atoms with E-state index < -0.39 is 16.9 Å². The molecule has 3 aliphatic rings. The van der Waals surface area contributed by atoms with Crippen molar-refractivity contribution in [3.05, 3.63) is 63.6 Å². The number of carbonyl (C=O) groups excluding carboxylic acids is 3. The smallest absolute Gasteiger partial charge is 0.323 e. The van der Waals surface area contributed by atoms with Gasteiger partial charge in [0.15, 0.2) is 4.87 Å². The molecule has 0 aliphatic carbocycles. The van der Waals surface area contributed by atoms with Crippen molar-refractivity contribution in [1.29, 1.82) is 0 Å². The number of hydrogen-bond donors (Lipinski definition) is 1. The molecule has 1 N–H and O–H groups in total. The van der Waals surface area contributed by atoms with Crippen LogP contribution in [0.3, 0.4) is 0 Å². The molecule has 8 heteroatoms. The van der Waals surface area contributed by atoms with Crippen molar-refractivity contribution in [2.75, 3.05) is 11.1 Å². The number of carbonyl (C=O) groups is 3. The van der Waals surface area contributed by atoms with Gasteiger partial charge < -0.3 is 5.32 Å². The summed E-state index contributed by atoms with van der Waals surface area (Å²) in [7, 11) is 0. The third kappa shape index (κ3) is 2.31. The van der Waals surface area contributed by atoms with Crippen LogP contribution in [0, 0.1) is 6.92 Å². The van der Waals surface area contributed by atoms with Gasteiger partial charge in [-0.05, 0) is 30.7 Å². The van der Waals surface area contributed by atoms with E-state index in [1.54, 1.807) is 0 Å². The van der Waals surface area contributed by atoms with Crippen LogP contribution >= 0.6 is 27.7 Å². The SMILES string of the molecule is Cc1ccc(CN2C(=O)[C@@H]3CS[C@]4(C(=O)Nc5ccc(Br)cc54)N3C2=O)cc1. The van der Waals surface area contributed by atoms with Gasteiger partial charge in [0, 0.05) is 21.5 Å². The highest BCUT2D eigenvalue weighted by Crippen LogP contribution is 2.56. The Hall–Kier alpha value is -2.32. The van der Waals surface area contributed by atoms with Crippen LogP contribution in [0.15, 0.2) is 46.9 Å². The van der Waals surface area contributed by atoms with Gasteiger partial charge in [0.25, 0.3) is 11.8 Å². The second-order valence-corrected chi connectivity index (χ2v) is 9.31. The zero-order valence-electron chi connectivity index (χ0n) is 14.9. The molecule has 0 bridgehead atoms. The van der Waals surface area contributed by atoms with E-state index in [2.05, 4.69) is 21.2 Å². The lowest BCUT2D eigenvalue weighted by Crippen LogP contribution is -2.49. The zero-order valence-corrected chi connectivity index (χ0v) is 17.3. The van der Waals surface area contributed by atoms with Crippen molar-refractivity contribution < 1.29 is 14.4 Å². The lowest BCUT2D eigenvalue weighted by Gasteiger charge is -2.31. The molecule has 0 aromatic heterocycles. The fourth-order valence-corrected chi connectivity index (χ4v) is 5.96. The van der Waals surface area contributed by atoms with E-state index in [0.29, 0.717) is 11.4 Å². The molecule has 2 aromatic carbocycles. The van der Waals surface area contributed by atoms with Crippen LogP contribution < -0.4 is 5.32 Å². The molecule has 2 fully saturated rings. The lowest BCUT2D eigenvalue weighted by atomic mass is 10.1. The average Bonchev–Trinajstić information content (AvgIpc) is 3.27. The summed E-state index contributed by atoms with van der Waals surface area (Å²) in [6, 6.07) is 12.2. The first-order valence-corrected chi connectivity index (χ1v) is 10.7. The average molecular weight is 458 g/mol. The molecule has 1 spiro atoms. The quantitative estimate of drug-likeness (QED) is 0.701. The largest absolute Gasteiger partial charge is 0.329 e. The van der Waals surface area contributed by atoms with Crippen molar-refractivity contribution in [2.45, 2.75) is 24.4 Å². The number of nitrogens with zero attached hydrogens (tertiary/aromatic N) is 2. The second-order valence-electron chi connectivity index (χ2n) is 7.18. The van der Waals surface area contributed by atoms with Crippen molar-refractivity contribution in [1.82, 2.24) is 9.80 Å². The fraction of sp³-hybridized carbons (Fsp3) is 0.250. The number of nitrogens with one attached hydrogen (secondary N) is 1. The number of benzene rings is 2. The Morgan fingerprint density at radius 2 is 1.93 bits per heavy atom. The number of rotatable bonds is 2. The second kappa shape index (κ2) is 6.09. The van der Waals surface area contributed by atoms with E-state index in [9.17, 15) is 14.4 Å². The molecule has 0 radical (unpaired) electrons. The molecule has 2 atom stereocenters. The number of fused-ring (bicyclic) bond motifs is 4. The number of imide groups is 1. The van der Waals surface area contributed by atoms with Crippen LogP contribution in [-0.2, 0) is 21.0 Å². The van der Waals surface area contributed by atoms with Gasteiger partial charge in [-0.25, -0.2) is 4.79 Å². The molecule has 5 rings (SSSR count). The molecule has 6 nitrogen and oxygen atoms in total. The van der Waals surface area contributed by atoms with Gasteiger partial charge in [-0.3, -0.25) is 19.4 Å². The van der Waals surface area contributed by atoms with Crippen LogP contribution in [0.1, 0.15) is 16.7 Å². The van der Waals surface area contributed by atoms with E-state index in [1.165, 1.54) is 21.6 Å². The fourth-order valence-electron chi connectivity index (χ4n) is 4.06. The molecular weight excluding hydrogens is 442 g/mol. The first-order chi connectivity index (χ1) is 13.4. The summed E-state index contributed by atoms with van der Waals surface area (Å²) in [4.78, 5) is 40.8. The number of thioether (sulfide) groups is 1. The Kier molecular flexibility index (Phi) is 3.86. The van der Waals surface area contributed by atoms with Crippen LogP contribution in [0.4, 0.5) is 10.5 Å². The van der Waals surface area contributed by atoms with Gasteiger partial charge in [-0.15, -0.1) is 11.8 Å². The van der Waals surface area contributed by atoms with E-state index in [4.69, 9.17) is 0 Å². The number of urea groups is 1. The Morgan fingerprint density at radius 1 is 1.18 bits per heavy atom. The number of anilines is 1. The van der Waals surface area contributed by atoms with Crippen LogP contribution in [-0.4, -0.2) is 39.4 Å². The van der Waals surface area contributed by atoms with E-state index in [0.717, 1.165) is 21.2 Å². The van der Waals surface area contributed by atoms with E-state index >= 15 is 0 Å². The van der Waals surface area contributed by atoms with Crippen LogP contribution in [0.25, 0.3) is 0 Å². The summed E-state index contributed by atoms with van der Waals surface area (Å²) in [5.41, 5.74) is 3.40. The normalized spacial score (nSPS) is 25.5. The lowest BCUT2D eigenvalue weighted by molar-refractivity contribution is -0.128. The van der Waals surface area contributed by atoms with Crippen LogP contribution in [0.2, 0.25) is 0 Å². The minimum absolute atomic E-state index is 0.207. The summed E-state index contributed by atoms with van der Waals surface area (Å²) in [6.45, 7) is 2.19. The van der Waals surface area contributed by atoms with Crippen LogP contribution in [0.5, 0.6) is 0 Å². The Labute approximate surface area is 174 Å². The standard InChI is InChI=1S/C20H16BrN3O3S/c1-11-2-4-12(5-3-11)9-23-17(25)16-10-28-20(24(16)19(23)27)14-8-13(21)6-7-15(14)22-18(20)26/h2-8,16H,9-10H2,1H3,(H,22,26)/t16-,20+/m0/s1. The highest BCUT2D eigenvalue weighted by molar-refractivity contribution is 9.10. The minimum atomic E-state index is -1.20. The molecule has 28 heavy (non-hydrogen) atoms. The van der Waals surface area contributed by atoms with Gasteiger partial charge in [0.05, 0.1) is 6.54 Å². The highest BCUT2D eigenvalue weighted by atomic mass is 79.9. The Morgan fingerprint density at radius 3 is 2.68 bits per heavy atom. The minimum Gasteiger partial charge on any atom is -0.323 e. The molecule has 4 amide bonds. The van der Waals surface area contributed by atoms with Gasteiger partial charge in [0.2, 0.25) is 0 Å². The van der Waals surface area contributed by atoms with Gasteiger partial charge >= 0.3 is 6.03 Å². The maximum atomic E-state index is 13.3. The van der Waals surface area contributed by atoms with E-state index in [-0.39, 0.29) is 18.4 Å². The highest BCUT2D eigenvalue weighted by Gasteiger charge is 2.66. The summed E-state index contributed by atoms with van der Waals surface area (Å²) in [5.74, 6) is -0.119. The molecule has 2 aromatic rings. The first kappa shape index (κ1) is 17.8. The molecule has 0 unspecified atom stereocenters. The summed E-state index contributed by atoms with van der Waals surface area (Å²) < 4.78 is 0.820. The summed E-state index contributed by atoms with van der Waals surface area (Å²) in [5, 5.41) is 2.87. The van der Waals surface area contributed by atoms with Crippen molar-refractivity contribution in [3.63, 3.8) is 0 Å². The third-order valence-electron chi connectivity index (χ3n) is 5.45. The van der Waals surface area contributed by atoms with Crippen molar-refractivity contribution >= 4 is 51.2 Å². The van der Waals surface area contributed by atoms with Gasteiger partial charge in [-0.1, -0.05) is 45.8 Å². The monoisotopic (exact) mass is 457 g/mol. The number of amides is 4. The first-order valence-electron chi connectivity index (χ1n) is 8.87. The number of hydrogen-bond acceptors (Lipinski definition) is 4. The molecule has 3 aliphatic heterocycles. The Bertz CT molecular complexity index is 1040. The van der Waals surface area contributed by atoms with Gasteiger partial charge in [-0.2, -0.15) is 0 Å². The molecular formula is C20H16BrN3O3S. The maximum absolute atomic E-state index is 13.3.